The number of carbonyl (C=O) groups excluding carboxylic acids is 1. The Morgan fingerprint density at radius 3 is 2.71 bits per heavy atom. The van der Waals surface area contributed by atoms with Gasteiger partial charge in [-0.1, -0.05) is 6.07 Å². The van der Waals surface area contributed by atoms with E-state index in [0.717, 1.165) is 16.7 Å². The number of carboxylic acids is 1. The van der Waals surface area contributed by atoms with E-state index in [-0.39, 0.29) is 11.3 Å². The highest BCUT2D eigenvalue weighted by atomic mass is 32.1. The number of rotatable bonds is 4. The van der Waals surface area contributed by atoms with E-state index >= 15 is 0 Å². The number of carboxylic acid groups (broad SMARTS) is 1. The van der Waals surface area contributed by atoms with Gasteiger partial charge < -0.3 is 20.8 Å². The van der Waals surface area contributed by atoms with Crippen LogP contribution in [0.1, 0.15) is 33.1 Å². The number of aromatic nitrogens is 2. The van der Waals surface area contributed by atoms with E-state index in [1.165, 1.54) is 23.5 Å². The zero-order chi connectivity index (χ0) is 19.8. The Morgan fingerprint density at radius 1 is 1.29 bits per heavy atom. The van der Waals surface area contributed by atoms with Gasteiger partial charge in [0.15, 0.2) is 0 Å². The van der Waals surface area contributed by atoms with Crippen molar-refractivity contribution >= 4 is 34.6 Å². The molecule has 3 aromatic rings. The van der Waals surface area contributed by atoms with Crippen LogP contribution in [0.4, 0.5) is 4.79 Å². The van der Waals surface area contributed by atoms with Crippen LogP contribution in [0.2, 0.25) is 0 Å². The molecule has 0 aliphatic carbocycles. The first-order valence-electron chi connectivity index (χ1n) is 8.33. The van der Waals surface area contributed by atoms with Crippen LogP contribution in [0.5, 0.6) is 5.75 Å². The Hall–Kier alpha value is -3.59. The van der Waals surface area contributed by atoms with Gasteiger partial charge in [-0.15, -0.1) is 0 Å². The first-order valence-corrected chi connectivity index (χ1v) is 9.28. The van der Waals surface area contributed by atoms with Crippen LogP contribution in [0, 0.1) is 0 Å². The van der Waals surface area contributed by atoms with Crippen molar-refractivity contribution in [3.05, 3.63) is 69.7 Å². The Bertz CT molecular complexity index is 1100. The third-order valence-corrected chi connectivity index (χ3v) is 5.17. The summed E-state index contributed by atoms with van der Waals surface area (Å²) in [6.45, 7) is 0. The highest BCUT2D eigenvalue weighted by molar-refractivity contribution is 7.08. The third-order valence-electron chi connectivity index (χ3n) is 4.48. The number of thiophene rings is 1. The second-order valence-electron chi connectivity index (χ2n) is 6.32. The van der Waals surface area contributed by atoms with Gasteiger partial charge in [0.2, 0.25) is 0 Å². The van der Waals surface area contributed by atoms with Gasteiger partial charge in [0.05, 0.1) is 17.9 Å². The lowest BCUT2D eigenvalue weighted by molar-refractivity contribution is 0.0693. The molecule has 0 spiro atoms. The average Bonchev–Trinajstić information content (AvgIpc) is 3.32. The minimum atomic E-state index is -1.22. The molecule has 2 aromatic heterocycles. The molecule has 9 heteroatoms. The second-order valence-corrected chi connectivity index (χ2v) is 7.10. The SMILES string of the molecule is Cn1cc(C2=C(c3ccsc3)[C@@H](c3ccc(C(=O)O)c(O)c3)NC(=O)N2)cn1. The summed E-state index contributed by atoms with van der Waals surface area (Å²) in [7, 11) is 1.79. The van der Waals surface area contributed by atoms with Gasteiger partial charge in [0, 0.05) is 24.4 Å². The number of aromatic hydroxyl groups is 1. The van der Waals surface area contributed by atoms with Crippen LogP contribution in [-0.2, 0) is 7.05 Å². The fourth-order valence-electron chi connectivity index (χ4n) is 3.23. The molecule has 1 aromatic carbocycles. The van der Waals surface area contributed by atoms with Crippen LogP contribution < -0.4 is 10.6 Å². The third kappa shape index (κ3) is 3.12. The summed E-state index contributed by atoms with van der Waals surface area (Å²) < 4.78 is 1.64. The molecule has 142 valence electrons. The summed E-state index contributed by atoms with van der Waals surface area (Å²) in [5.41, 5.74) is 3.44. The monoisotopic (exact) mass is 396 g/mol. The maximum absolute atomic E-state index is 12.4. The first kappa shape index (κ1) is 17.8. The number of aromatic carboxylic acids is 1. The largest absolute Gasteiger partial charge is 0.507 e. The van der Waals surface area contributed by atoms with Gasteiger partial charge in [-0.05, 0) is 40.1 Å². The summed E-state index contributed by atoms with van der Waals surface area (Å²) in [5, 5.41) is 33.1. The molecule has 1 atom stereocenters. The highest BCUT2D eigenvalue weighted by Crippen LogP contribution is 2.39. The molecule has 1 aliphatic rings. The fourth-order valence-corrected chi connectivity index (χ4v) is 3.89. The van der Waals surface area contributed by atoms with Gasteiger partial charge in [0.25, 0.3) is 0 Å². The molecular weight excluding hydrogens is 380 g/mol. The molecule has 0 radical (unpaired) electrons. The predicted octanol–water partition coefficient (Wildman–Crippen LogP) is 2.81. The Labute approximate surface area is 163 Å². The molecule has 28 heavy (non-hydrogen) atoms. The molecule has 0 bridgehead atoms. The van der Waals surface area contributed by atoms with Crippen LogP contribution in [-0.4, -0.2) is 32.0 Å². The molecule has 0 fully saturated rings. The number of nitrogens with zero attached hydrogens (tertiary/aromatic N) is 2. The van der Waals surface area contributed by atoms with Crippen molar-refractivity contribution in [1.82, 2.24) is 20.4 Å². The average molecular weight is 396 g/mol. The molecule has 0 saturated carbocycles. The molecule has 3 heterocycles. The topological polar surface area (TPSA) is 116 Å². The zero-order valence-electron chi connectivity index (χ0n) is 14.7. The highest BCUT2D eigenvalue weighted by Gasteiger charge is 2.31. The normalized spacial score (nSPS) is 16.6. The van der Waals surface area contributed by atoms with Crippen molar-refractivity contribution in [2.75, 3.05) is 0 Å². The van der Waals surface area contributed by atoms with Gasteiger partial charge in [-0.3, -0.25) is 4.68 Å². The molecule has 1 aliphatic heterocycles. The number of hydrogen-bond acceptors (Lipinski definition) is 5. The Morgan fingerprint density at radius 2 is 2.11 bits per heavy atom. The molecular formula is C19H16N4O4S. The number of benzene rings is 1. The molecule has 4 rings (SSSR count). The van der Waals surface area contributed by atoms with Crippen molar-refractivity contribution in [3.8, 4) is 5.75 Å². The fraction of sp³-hybridized carbons (Fsp3) is 0.105. The second kappa shape index (κ2) is 6.86. The first-order chi connectivity index (χ1) is 13.4. The lowest BCUT2D eigenvalue weighted by atomic mass is 9.89. The standard InChI is InChI=1S/C19H16N4O4S/c1-23-8-12(7-20-23)17-15(11-4-5-28-9-11)16(21-19(27)22-17)10-2-3-13(18(25)26)14(24)6-10/h2-9,16,24H,1H3,(H,25,26)(H2,21,22,27)/t16-/m1/s1. The van der Waals surface area contributed by atoms with E-state index in [2.05, 4.69) is 15.7 Å². The summed E-state index contributed by atoms with van der Waals surface area (Å²) in [4.78, 5) is 23.6. The number of phenols is 1. The van der Waals surface area contributed by atoms with E-state index in [4.69, 9.17) is 5.11 Å². The van der Waals surface area contributed by atoms with Crippen molar-refractivity contribution in [2.45, 2.75) is 6.04 Å². The smallest absolute Gasteiger partial charge is 0.339 e. The van der Waals surface area contributed by atoms with Crippen LogP contribution >= 0.6 is 11.3 Å². The van der Waals surface area contributed by atoms with E-state index in [9.17, 15) is 14.7 Å². The maximum atomic E-state index is 12.4. The Kier molecular flexibility index (Phi) is 4.36. The summed E-state index contributed by atoms with van der Waals surface area (Å²) in [5.74, 6) is -1.58. The van der Waals surface area contributed by atoms with Crippen LogP contribution in [0.25, 0.3) is 11.3 Å². The quantitative estimate of drug-likeness (QED) is 0.541. The lowest BCUT2D eigenvalue weighted by Gasteiger charge is -2.30. The summed E-state index contributed by atoms with van der Waals surface area (Å²) in [6, 6.07) is 5.25. The summed E-state index contributed by atoms with van der Waals surface area (Å²) in [6.07, 6.45) is 3.46. The van der Waals surface area contributed by atoms with Crippen molar-refractivity contribution in [3.63, 3.8) is 0 Å². The summed E-state index contributed by atoms with van der Waals surface area (Å²) >= 11 is 1.52. The van der Waals surface area contributed by atoms with E-state index < -0.39 is 18.0 Å². The van der Waals surface area contributed by atoms with Gasteiger partial charge >= 0.3 is 12.0 Å². The maximum Gasteiger partial charge on any atom is 0.339 e. The van der Waals surface area contributed by atoms with Gasteiger partial charge in [-0.25, -0.2) is 9.59 Å². The van der Waals surface area contributed by atoms with Crippen molar-refractivity contribution < 1.29 is 19.8 Å². The lowest BCUT2D eigenvalue weighted by Crippen LogP contribution is -2.42. The van der Waals surface area contributed by atoms with E-state index in [1.54, 1.807) is 30.2 Å². The predicted molar refractivity (Wildman–Crippen MR) is 104 cm³/mol. The van der Waals surface area contributed by atoms with Crippen molar-refractivity contribution in [1.29, 1.82) is 0 Å². The number of urea groups is 1. The minimum absolute atomic E-state index is 0.197. The van der Waals surface area contributed by atoms with Gasteiger partial charge in [-0.2, -0.15) is 16.4 Å². The number of hydrogen-bond donors (Lipinski definition) is 4. The number of amides is 2. The number of nitrogens with one attached hydrogen (secondary N) is 2. The number of aryl methyl sites for hydroxylation is 1. The minimum Gasteiger partial charge on any atom is -0.507 e. The molecule has 8 nitrogen and oxygen atoms in total. The Balaban J connectivity index is 1.91. The molecule has 4 N–H and O–H groups in total. The molecule has 0 saturated heterocycles. The van der Waals surface area contributed by atoms with Crippen LogP contribution in [0.15, 0.2) is 47.4 Å². The molecule has 0 unspecified atom stereocenters. The van der Waals surface area contributed by atoms with Crippen LogP contribution in [0.3, 0.4) is 0 Å². The van der Waals surface area contributed by atoms with E-state index in [1.807, 2.05) is 16.8 Å². The van der Waals surface area contributed by atoms with Gasteiger partial charge in [0.1, 0.15) is 11.3 Å². The number of carbonyl (C=O) groups is 2. The molecule has 2 amide bonds. The zero-order valence-corrected chi connectivity index (χ0v) is 15.5. The van der Waals surface area contributed by atoms with E-state index in [0.29, 0.717) is 11.3 Å². The van der Waals surface area contributed by atoms with Crippen molar-refractivity contribution in [2.24, 2.45) is 7.05 Å².